The molecule has 0 radical (unpaired) electrons. The van der Waals surface area contributed by atoms with Gasteiger partial charge in [0.2, 0.25) is 0 Å². The van der Waals surface area contributed by atoms with Crippen molar-refractivity contribution < 1.29 is 14.7 Å². The largest absolute Gasteiger partial charge is 0.481 e. The molecule has 0 aliphatic heterocycles. The van der Waals surface area contributed by atoms with Crippen molar-refractivity contribution in [2.24, 2.45) is 11.3 Å². The highest BCUT2D eigenvalue weighted by Gasteiger charge is 2.44. The predicted molar refractivity (Wildman–Crippen MR) is 71.4 cm³/mol. The molecule has 0 rings (SSSR count). The van der Waals surface area contributed by atoms with Gasteiger partial charge >= 0.3 is 12.0 Å². The maximum absolute atomic E-state index is 12.0. The van der Waals surface area contributed by atoms with Crippen LogP contribution in [-0.4, -0.2) is 41.1 Å². The van der Waals surface area contributed by atoms with E-state index in [0.717, 1.165) is 0 Å². The molecule has 0 aromatic rings. The number of carboxylic acid groups (broad SMARTS) is 1. The second-order valence-electron chi connectivity index (χ2n) is 5.90. The summed E-state index contributed by atoms with van der Waals surface area (Å²) in [6, 6.07) is 1.66. The first-order chi connectivity index (χ1) is 8.45. The van der Waals surface area contributed by atoms with E-state index in [2.05, 4.69) is 5.32 Å². The lowest BCUT2D eigenvalue weighted by molar-refractivity contribution is -0.150. The van der Waals surface area contributed by atoms with Crippen LogP contribution < -0.4 is 5.32 Å². The molecule has 0 aromatic carbocycles. The molecule has 0 spiro atoms. The summed E-state index contributed by atoms with van der Waals surface area (Å²) in [5.41, 5.74) is -2.02. The zero-order valence-corrected chi connectivity index (χ0v) is 12.4. The van der Waals surface area contributed by atoms with Gasteiger partial charge in [0, 0.05) is 13.6 Å². The monoisotopic (exact) mass is 269 g/mol. The smallest absolute Gasteiger partial charge is 0.317 e. The predicted octanol–water partition coefficient (Wildman–Crippen LogP) is 1.68. The van der Waals surface area contributed by atoms with Crippen molar-refractivity contribution in [3.63, 3.8) is 0 Å². The quantitative estimate of drug-likeness (QED) is 0.794. The van der Waals surface area contributed by atoms with Crippen molar-refractivity contribution in [3.05, 3.63) is 0 Å². The van der Waals surface area contributed by atoms with Gasteiger partial charge in [-0.3, -0.25) is 4.79 Å². The molecule has 0 aliphatic rings. The number of rotatable bonds is 5. The Labute approximate surface area is 114 Å². The van der Waals surface area contributed by atoms with Crippen molar-refractivity contribution >= 4 is 12.0 Å². The number of carboxylic acids is 1. The lowest BCUT2D eigenvalue weighted by Gasteiger charge is -2.39. The summed E-state index contributed by atoms with van der Waals surface area (Å²) in [5, 5.41) is 20.6. The first-order valence-electron chi connectivity index (χ1n) is 6.12. The number of aliphatic carboxylic acids is 1. The third-order valence-corrected chi connectivity index (χ3v) is 3.63. The molecule has 2 N–H and O–H groups in total. The lowest BCUT2D eigenvalue weighted by Crippen LogP contribution is -2.59. The van der Waals surface area contributed by atoms with Gasteiger partial charge in [-0.2, -0.15) is 5.26 Å². The summed E-state index contributed by atoms with van der Waals surface area (Å²) >= 11 is 0. The maximum atomic E-state index is 12.0. The van der Waals surface area contributed by atoms with Gasteiger partial charge in [-0.1, -0.05) is 0 Å². The summed E-state index contributed by atoms with van der Waals surface area (Å²) in [7, 11) is 1.58. The highest BCUT2D eigenvalue weighted by Crippen LogP contribution is 2.30. The molecule has 0 aromatic heterocycles. The van der Waals surface area contributed by atoms with Crippen LogP contribution in [0.5, 0.6) is 0 Å². The molecule has 0 bridgehead atoms. The second-order valence-corrected chi connectivity index (χ2v) is 5.90. The van der Waals surface area contributed by atoms with Crippen LogP contribution in [-0.2, 0) is 4.79 Å². The summed E-state index contributed by atoms with van der Waals surface area (Å²) < 4.78 is 0. The van der Waals surface area contributed by atoms with Crippen molar-refractivity contribution in [3.8, 4) is 6.07 Å². The molecule has 0 saturated carbocycles. The number of carbonyl (C=O) groups excluding carboxylic acids is 1. The molecule has 0 fully saturated rings. The Kier molecular flexibility index (Phi) is 5.36. The SMILES string of the molecule is CC(C#N)CN(C)C(=O)NC(C)(C)C(C)(C)C(=O)O. The first kappa shape index (κ1) is 17.2. The van der Waals surface area contributed by atoms with Gasteiger partial charge in [0.1, 0.15) is 0 Å². The zero-order valence-electron chi connectivity index (χ0n) is 12.4. The van der Waals surface area contributed by atoms with E-state index < -0.39 is 16.9 Å². The topological polar surface area (TPSA) is 93.4 Å². The number of carbonyl (C=O) groups is 2. The molecule has 108 valence electrons. The molecular formula is C13H23N3O3. The Bertz CT molecular complexity index is 396. The Morgan fingerprint density at radius 1 is 1.37 bits per heavy atom. The molecule has 0 saturated heterocycles. The Hall–Kier alpha value is -1.77. The highest BCUT2D eigenvalue weighted by atomic mass is 16.4. The van der Waals surface area contributed by atoms with Crippen LogP contribution in [0.15, 0.2) is 0 Å². The van der Waals surface area contributed by atoms with Crippen molar-refractivity contribution in [1.82, 2.24) is 10.2 Å². The molecule has 2 amide bonds. The highest BCUT2D eigenvalue weighted by molar-refractivity contribution is 5.79. The summed E-state index contributed by atoms with van der Waals surface area (Å²) in [6.45, 7) is 8.48. The van der Waals surface area contributed by atoms with Gasteiger partial charge < -0.3 is 15.3 Å². The van der Waals surface area contributed by atoms with Crippen molar-refractivity contribution in [1.29, 1.82) is 5.26 Å². The third kappa shape index (κ3) is 4.12. The minimum absolute atomic E-state index is 0.272. The Balaban J connectivity index is 4.81. The normalized spacial score (nSPS) is 13.3. The lowest BCUT2D eigenvalue weighted by atomic mass is 9.74. The summed E-state index contributed by atoms with van der Waals surface area (Å²) in [6.07, 6.45) is 0. The number of amides is 2. The van der Waals surface area contributed by atoms with Crippen LogP contribution in [0, 0.1) is 22.7 Å². The zero-order chi connectivity index (χ0) is 15.4. The van der Waals surface area contributed by atoms with Gasteiger partial charge in [-0.05, 0) is 34.6 Å². The number of nitrogens with zero attached hydrogens (tertiary/aromatic N) is 2. The van der Waals surface area contributed by atoms with Crippen LogP contribution in [0.3, 0.4) is 0 Å². The Morgan fingerprint density at radius 2 is 1.84 bits per heavy atom. The van der Waals surface area contributed by atoms with Crippen LogP contribution in [0.1, 0.15) is 34.6 Å². The van der Waals surface area contributed by atoms with E-state index in [0.29, 0.717) is 6.54 Å². The fraction of sp³-hybridized carbons (Fsp3) is 0.769. The molecule has 6 nitrogen and oxygen atoms in total. The Morgan fingerprint density at radius 3 is 2.21 bits per heavy atom. The molecule has 1 unspecified atom stereocenters. The van der Waals surface area contributed by atoms with E-state index in [4.69, 9.17) is 5.26 Å². The number of hydrogen-bond acceptors (Lipinski definition) is 3. The average Bonchev–Trinajstić information content (AvgIpc) is 2.27. The van der Waals surface area contributed by atoms with Gasteiger partial charge in [-0.15, -0.1) is 0 Å². The fourth-order valence-electron chi connectivity index (χ4n) is 1.32. The standard InChI is InChI=1S/C13H23N3O3/c1-9(7-14)8-16(6)11(19)15-13(4,5)12(2,3)10(17)18/h9H,8H2,1-6H3,(H,15,19)(H,17,18). The minimum atomic E-state index is -1.11. The van der Waals surface area contributed by atoms with Crippen molar-refractivity contribution in [2.75, 3.05) is 13.6 Å². The first-order valence-corrected chi connectivity index (χ1v) is 6.12. The third-order valence-electron chi connectivity index (χ3n) is 3.63. The van der Waals surface area contributed by atoms with Crippen molar-refractivity contribution in [2.45, 2.75) is 40.2 Å². The van der Waals surface area contributed by atoms with Crippen LogP contribution >= 0.6 is 0 Å². The van der Waals surface area contributed by atoms with E-state index in [1.165, 1.54) is 4.90 Å². The summed E-state index contributed by atoms with van der Waals surface area (Å²) in [4.78, 5) is 24.6. The fourth-order valence-corrected chi connectivity index (χ4v) is 1.32. The molecule has 0 aliphatic carbocycles. The van der Waals surface area contributed by atoms with E-state index in [1.807, 2.05) is 6.07 Å². The van der Waals surface area contributed by atoms with Gasteiger partial charge in [0.25, 0.3) is 0 Å². The number of hydrogen-bond donors (Lipinski definition) is 2. The molecular weight excluding hydrogens is 246 g/mol. The van der Waals surface area contributed by atoms with E-state index in [1.54, 1.807) is 41.7 Å². The average molecular weight is 269 g/mol. The van der Waals surface area contributed by atoms with E-state index >= 15 is 0 Å². The van der Waals surface area contributed by atoms with E-state index in [-0.39, 0.29) is 11.9 Å². The van der Waals surface area contributed by atoms with Crippen LogP contribution in [0.4, 0.5) is 4.79 Å². The van der Waals surface area contributed by atoms with E-state index in [9.17, 15) is 14.7 Å². The van der Waals surface area contributed by atoms with Gasteiger partial charge in [-0.25, -0.2) is 4.79 Å². The molecule has 19 heavy (non-hydrogen) atoms. The molecule has 0 heterocycles. The number of nitriles is 1. The van der Waals surface area contributed by atoms with Crippen LogP contribution in [0.2, 0.25) is 0 Å². The maximum Gasteiger partial charge on any atom is 0.317 e. The van der Waals surface area contributed by atoms with Gasteiger partial charge in [0.05, 0.1) is 22.9 Å². The second kappa shape index (κ2) is 5.91. The summed E-state index contributed by atoms with van der Waals surface area (Å²) in [5.74, 6) is -1.25. The van der Waals surface area contributed by atoms with Gasteiger partial charge in [0.15, 0.2) is 0 Å². The van der Waals surface area contributed by atoms with Crippen LogP contribution in [0.25, 0.3) is 0 Å². The molecule has 1 atom stereocenters. The minimum Gasteiger partial charge on any atom is -0.481 e. The number of urea groups is 1. The number of nitrogens with one attached hydrogen (secondary N) is 1. The molecule has 6 heteroatoms.